The number of rotatable bonds is 2. The Morgan fingerprint density at radius 2 is 1.28 bits per heavy atom. The maximum atomic E-state index is 3.15. The Kier molecular flexibility index (Phi) is 12.8. The summed E-state index contributed by atoms with van der Waals surface area (Å²) in [6.07, 6.45) is 15.6. The molecule has 4 aromatic rings. The minimum Gasteiger partial charge on any atom is -1.00 e. The zero-order valence-electron chi connectivity index (χ0n) is 29.0. The first-order chi connectivity index (χ1) is 20.8. The van der Waals surface area contributed by atoms with E-state index in [0.717, 1.165) is 12.8 Å². The van der Waals surface area contributed by atoms with Crippen molar-refractivity contribution in [2.45, 2.75) is 92.4 Å². The van der Waals surface area contributed by atoms with Crippen molar-refractivity contribution in [2.75, 3.05) is 0 Å². The molecule has 0 spiro atoms. The Morgan fingerprint density at radius 3 is 1.65 bits per heavy atom. The van der Waals surface area contributed by atoms with Gasteiger partial charge in [-0.05, 0) is 59.8 Å². The Hall–Kier alpha value is -2.18. The number of benzene rings is 3. The van der Waals surface area contributed by atoms with Crippen LogP contribution in [-0.4, -0.2) is 3.21 Å². The molecule has 0 saturated heterocycles. The number of halogens is 2. The quantitative estimate of drug-likeness (QED) is 0.223. The van der Waals surface area contributed by atoms with E-state index in [1.807, 2.05) is 6.08 Å². The molecule has 3 heteroatoms. The van der Waals surface area contributed by atoms with E-state index < -0.39 is 0 Å². The van der Waals surface area contributed by atoms with Gasteiger partial charge >= 0.3 is 76.7 Å². The van der Waals surface area contributed by atoms with E-state index in [1.54, 1.807) is 3.21 Å². The number of hydrogen-bond acceptors (Lipinski definition) is 0. The number of fused-ring (bicyclic) bond motifs is 5. The Bertz CT molecular complexity index is 1750. The second kappa shape index (κ2) is 15.4. The van der Waals surface area contributed by atoms with Crippen LogP contribution in [0.1, 0.15) is 109 Å². The van der Waals surface area contributed by atoms with Gasteiger partial charge in [0.15, 0.2) is 0 Å². The van der Waals surface area contributed by atoms with Crippen LogP contribution in [0.15, 0.2) is 90.5 Å². The van der Waals surface area contributed by atoms with Crippen molar-refractivity contribution >= 4 is 35.9 Å². The Balaban J connectivity index is 0.000000251. The van der Waals surface area contributed by atoms with E-state index in [0.29, 0.717) is 5.92 Å². The van der Waals surface area contributed by atoms with Crippen LogP contribution in [0.3, 0.4) is 0 Å². The number of allylic oxidation sites excluding steroid dienone is 8. The van der Waals surface area contributed by atoms with Crippen molar-refractivity contribution in [3.8, 4) is 0 Å². The fraction of sp³-hybridized carbons (Fsp3) is 0.349. The van der Waals surface area contributed by atoms with E-state index in [4.69, 9.17) is 0 Å². The van der Waals surface area contributed by atoms with Gasteiger partial charge in [0, 0.05) is 0 Å². The van der Waals surface area contributed by atoms with Gasteiger partial charge in [-0.2, -0.15) is 6.08 Å². The van der Waals surface area contributed by atoms with Crippen LogP contribution >= 0.6 is 0 Å². The van der Waals surface area contributed by atoms with Gasteiger partial charge in [0.1, 0.15) is 0 Å². The maximum Gasteiger partial charge on any atom is -1.00 e. The number of hydrogen-bond donors (Lipinski definition) is 0. The molecule has 3 aliphatic carbocycles. The summed E-state index contributed by atoms with van der Waals surface area (Å²) >= 11 is 1.54. The van der Waals surface area contributed by atoms with Gasteiger partial charge in [0.25, 0.3) is 0 Å². The van der Waals surface area contributed by atoms with Crippen LogP contribution in [0, 0.1) is 12.0 Å². The van der Waals surface area contributed by atoms with Crippen LogP contribution in [-0.2, 0) is 35.1 Å². The third-order valence-corrected chi connectivity index (χ3v) is 11.3. The topological polar surface area (TPSA) is 0 Å². The van der Waals surface area contributed by atoms with E-state index in [1.165, 1.54) is 96.7 Å². The molecule has 0 amide bonds. The van der Waals surface area contributed by atoms with E-state index in [9.17, 15) is 0 Å². The van der Waals surface area contributed by atoms with Crippen LogP contribution in [0.25, 0.3) is 32.7 Å². The summed E-state index contributed by atoms with van der Waals surface area (Å²) in [5, 5.41) is 5.61. The van der Waals surface area contributed by atoms with Crippen molar-refractivity contribution in [1.29, 1.82) is 0 Å². The monoisotopic (exact) mass is 724 g/mol. The third kappa shape index (κ3) is 8.09. The molecule has 7 rings (SSSR count). The van der Waals surface area contributed by atoms with Gasteiger partial charge < -0.3 is 24.8 Å². The third-order valence-electron chi connectivity index (χ3n) is 9.69. The predicted octanol–water partition coefficient (Wildman–Crippen LogP) is 5.99. The first-order valence-electron chi connectivity index (χ1n) is 16.3. The summed E-state index contributed by atoms with van der Waals surface area (Å²) in [7, 11) is 0. The summed E-state index contributed by atoms with van der Waals surface area (Å²) in [6.45, 7) is 20.5. The molecule has 1 unspecified atom stereocenters. The first-order valence-corrected chi connectivity index (χ1v) is 17.5. The van der Waals surface area contributed by atoms with Crippen molar-refractivity contribution in [3.63, 3.8) is 0 Å². The van der Waals surface area contributed by atoms with E-state index in [-0.39, 0.29) is 35.6 Å². The molecule has 4 aromatic carbocycles. The van der Waals surface area contributed by atoms with Crippen LogP contribution in [0.4, 0.5) is 0 Å². The Labute approximate surface area is 305 Å². The van der Waals surface area contributed by atoms with E-state index >= 15 is 0 Å². The van der Waals surface area contributed by atoms with Crippen LogP contribution in [0.2, 0.25) is 0 Å². The minimum absolute atomic E-state index is 0. The van der Waals surface area contributed by atoms with Gasteiger partial charge in [0.05, 0.1) is 0 Å². The predicted molar refractivity (Wildman–Crippen MR) is 191 cm³/mol. The maximum absolute atomic E-state index is 3.15. The van der Waals surface area contributed by atoms with Gasteiger partial charge in [-0.3, -0.25) is 6.08 Å². The molecule has 0 aliphatic heterocycles. The van der Waals surface area contributed by atoms with Gasteiger partial charge in [-0.1, -0.05) is 75.9 Å². The van der Waals surface area contributed by atoms with Crippen molar-refractivity contribution in [3.05, 3.63) is 124 Å². The molecule has 0 nitrogen and oxygen atoms in total. The summed E-state index contributed by atoms with van der Waals surface area (Å²) < 4.78 is 1.55. The minimum atomic E-state index is 0. The molecule has 46 heavy (non-hydrogen) atoms. The van der Waals surface area contributed by atoms with Gasteiger partial charge in [-0.15, -0.1) is 46.7 Å². The molecule has 240 valence electrons. The molecule has 3 aliphatic rings. The van der Waals surface area contributed by atoms with Crippen molar-refractivity contribution in [1.82, 2.24) is 0 Å². The fourth-order valence-corrected chi connectivity index (χ4v) is 7.14. The average molecular weight is 727 g/mol. The molecule has 0 heterocycles. The first kappa shape index (κ1) is 38.3. The molecular formula is C43H48Cl2Zr-2. The fourth-order valence-electron chi connectivity index (χ4n) is 6.73. The molecule has 1 atom stereocenters. The van der Waals surface area contributed by atoms with Crippen LogP contribution < -0.4 is 24.8 Å². The average Bonchev–Trinajstić information content (AvgIpc) is 3.57. The molecule has 0 radical (unpaired) electrons. The van der Waals surface area contributed by atoms with E-state index in [2.05, 4.69) is 147 Å². The van der Waals surface area contributed by atoms with Gasteiger partial charge in [-0.25, -0.2) is 11.6 Å². The molecule has 0 aromatic heterocycles. The second-order valence-corrected chi connectivity index (χ2v) is 15.8. The summed E-state index contributed by atoms with van der Waals surface area (Å²) in [5.41, 5.74) is 11.9. The smallest absolute Gasteiger partial charge is 1.00 e. The second-order valence-electron chi connectivity index (χ2n) is 14.3. The van der Waals surface area contributed by atoms with Crippen LogP contribution in [0.5, 0.6) is 0 Å². The molecule has 0 bridgehead atoms. The Morgan fingerprint density at radius 1 is 0.804 bits per heavy atom. The normalized spacial score (nSPS) is 18.2. The molecule has 0 N–H and O–H groups in total. The molecular weight excluding hydrogens is 679 g/mol. The zero-order chi connectivity index (χ0) is 31.8. The van der Waals surface area contributed by atoms with Crippen molar-refractivity contribution in [2.24, 2.45) is 5.92 Å². The summed E-state index contributed by atoms with van der Waals surface area (Å²) in [6, 6.07) is 22.9. The summed E-state index contributed by atoms with van der Waals surface area (Å²) in [4.78, 5) is 0. The molecule has 0 fully saturated rings. The molecule has 0 saturated carbocycles. The SMILES string of the molecule is CC1=CC(C)[C-]=C1.CC1=CCC(C)(C)c2cc3[cH-]c4cc5c(cc4c3cc21)C(C)=CCC5(C)C.CC[C](=[Zr+2])c1ccccc1.[Cl-].[Cl-]. The largest absolute Gasteiger partial charge is 1.00 e. The van der Waals surface area contributed by atoms with Crippen molar-refractivity contribution < 1.29 is 49.0 Å². The van der Waals surface area contributed by atoms with Gasteiger partial charge in [0.2, 0.25) is 0 Å². The summed E-state index contributed by atoms with van der Waals surface area (Å²) in [5.74, 6) is 0.556. The standard InChI is InChI=1S/C27H29.C9H10.C7H9.2ClH.Zr/c1-16-7-9-26(3,4)24-12-18-11-19-13-25-21(17(2)8-10-27(25,5)6)15-23(19)22(18)14-20(16)24;1-2-6-9-7-4-3-5-8-9;1-6-3-4-7(2)5-6;;;/h7-8,11-15H,9-10H2,1-6H3;3-5,7-8H,2H2,1H3;3,5,7H,1-2H3;2*1H;/q-1;;-1;;;+2/p-2. The zero-order valence-corrected chi connectivity index (χ0v) is 33.0.